The van der Waals surface area contributed by atoms with Crippen molar-refractivity contribution in [2.24, 2.45) is 7.05 Å². The van der Waals surface area contributed by atoms with Crippen LogP contribution in [-0.4, -0.2) is 26.7 Å². The number of halogens is 3. The Bertz CT molecular complexity index is 1020. The van der Waals surface area contributed by atoms with E-state index in [0.29, 0.717) is 11.0 Å². The minimum atomic E-state index is -4.52. The number of fused-ring (bicyclic) bond motifs is 1. The molecular weight excluding hydrogens is 357 g/mol. The third-order valence-corrected chi connectivity index (χ3v) is 4.90. The summed E-state index contributed by atoms with van der Waals surface area (Å²) in [6.45, 7) is 0. The molecule has 5 nitrogen and oxygen atoms in total. The summed E-state index contributed by atoms with van der Waals surface area (Å²) in [6.07, 6.45) is -0.118. The number of alkyl halides is 3. The van der Waals surface area contributed by atoms with Crippen LogP contribution < -0.4 is 5.32 Å². The summed E-state index contributed by atoms with van der Waals surface area (Å²) in [5, 5.41) is 7.56. The molecule has 0 bridgehead atoms. The Labute approximate surface area is 153 Å². The van der Waals surface area contributed by atoms with Crippen molar-refractivity contribution in [1.82, 2.24) is 20.1 Å². The van der Waals surface area contributed by atoms with Crippen LogP contribution in [0.2, 0.25) is 0 Å². The molecule has 0 unspecified atom stereocenters. The fourth-order valence-electron chi connectivity index (χ4n) is 3.21. The topological polar surface area (TPSA) is 59.8 Å². The van der Waals surface area contributed by atoms with Crippen LogP contribution in [-0.2, 0) is 13.2 Å². The van der Waals surface area contributed by atoms with Crippen LogP contribution in [0.5, 0.6) is 0 Å². The Balaban J connectivity index is 1.88. The van der Waals surface area contributed by atoms with Gasteiger partial charge in [0.15, 0.2) is 5.65 Å². The molecule has 0 radical (unpaired) electrons. The second-order valence-corrected chi connectivity index (χ2v) is 6.71. The predicted octanol–water partition coefficient (Wildman–Crippen LogP) is 3.94. The molecule has 3 aromatic rings. The molecule has 1 amide bonds. The van der Waals surface area contributed by atoms with Gasteiger partial charge in [0.05, 0.1) is 28.4 Å². The lowest BCUT2D eigenvalue weighted by atomic mass is 9.92. The van der Waals surface area contributed by atoms with Crippen molar-refractivity contribution in [2.45, 2.75) is 31.5 Å². The first kappa shape index (κ1) is 17.5. The van der Waals surface area contributed by atoms with Gasteiger partial charge in [-0.05, 0) is 31.4 Å². The van der Waals surface area contributed by atoms with E-state index in [9.17, 15) is 18.0 Å². The van der Waals surface area contributed by atoms with Crippen LogP contribution in [0.3, 0.4) is 0 Å². The minimum Gasteiger partial charge on any atom is -0.349 e. The van der Waals surface area contributed by atoms with Crippen LogP contribution in [0.15, 0.2) is 36.5 Å². The van der Waals surface area contributed by atoms with Crippen molar-refractivity contribution in [3.05, 3.63) is 47.7 Å². The van der Waals surface area contributed by atoms with Crippen molar-refractivity contribution in [2.75, 3.05) is 0 Å². The van der Waals surface area contributed by atoms with Crippen LogP contribution >= 0.6 is 0 Å². The van der Waals surface area contributed by atoms with E-state index < -0.39 is 11.7 Å². The summed E-state index contributed by atoms with van der Waals surface area (Å²) < 4.78 is 41.7. The number of carbonyl (C=O) groups excluding carboxylic acids is 1. The number of aryl methyl sites for hydroxylation is 1. The van der Waals surface area contributed by atoms with Crippen molar-refractivity contribution < 1.29 is 18.0 Å². The van der Waals surface area contributed by atoms with Gasteiger partial charge in [-0.15, -0.1) is 0 Å². The fourth-order valence-corrected chi connectivity index (χ4v) is 3.21. The molecule has 2 aromatic heterocycles. The van der Waals surface area contributed by atoms with E-state index in [0.717, 1.165) is 25.3 Å². The number of rotatable bonds is 3. The highest BCUT2D eigenvalue weighted by Gasteiger charge is 2.34. The molecule has 0 aliphatic heterocycles. The number of nitrogens with one attached hydrogen (secondary N) is 1. The van der Waals surface area contributed by atoms with E-state index in [4.69, 9.17) is 0 Å². The lowest BCUT2D eigenvalue weighted by molar-refractivity contribution is -0.137. The van der Waals surface area contributed by atoms with E-state index >= 15 is 0 Å². The quantitative estimate of drug-likeness (QED) is 0.756. The van der Waals surface area contributed by atoms with Gasteiger partial charge in [-0.2, -0.15) is 18.3 Å². The van der Waals surface area contributed by atoms with Gasteiger partial charge in [-0.3, -0.25) is 9.48 Å². The molecular formula is C19H17F3N4O. The molecule has 8 heteroatoms. The third-order valence-electron chi connectivity index (χ3n) is 4.90. The van der Waals surface area contributed by atoms with Gasteiger partial charge in [0.1, 0.15) is 0 Å². The number of pyridine rings is 1. The molecule has 1 aromatic carbocycles. The summed E-state index contributed by atoms with van der Waals surface area (Å²) >= 11 is 0. The first-order valence-electron chi connectivity index (χ1n) is 8.65. The van der Waals surface area contributed by atoms with Gasteiger partial charge in [-0.1, -0.05) is 18.2 Å². The molecule has 1 aliphatic rings. The maximum Gasteiger partial charge on any atom is 0.417 e. The lowest BCUT2D eigenvalue weighted by Gasteiger charge is -2.26. The highest BCUT2D eigenvalue weighted by Crippen LogP contribution is 2.37. The van der Waals surface area contributed by atoms with E-state index in [1.807, 2.05) is 0 Å². The Morgan fingerprint density at radius 2 is 2.00 bits per heavy atom. The molecule has 1 N–H and O–H groups in total. The molecule has 2 heterocycles. The van der Waals surface area contributed by atoms with Crippen molar-refractivity contribution in [3.63, 3.8) is 0 Å². The SMILES string of the molecule is Cn1ncc2c(C(=O)NC3CCC3)cc(-c3ccccc3C(F)(F)F)nc21. The van der Waals surface area contributed by atoms with Gasteiger partial charge >= 0.3 is 6.18 Å². The van der Waals surface area contributed by atoms with Crippen LogP contribution in [0.25, 0.3) is 22.3 Å². The van der Waals surface area contributed by atoms with E-state index in [-0.39, 0.29) is 28.8 Å². The highest BCUT2D eigenvalue weighted by atomic mass is 19.4. The first-order chi connectivity index (χ1) is 12.8. The average molecular weight is 374 g/mol. The second kappa shape index (κ2) is 6.37. The number of hydrogen-bond donors (Lipinski definition) is 1. The molecule has 0 saturated heterocycles. The van der Waals surface area contributed by atoms with Crippen molar-refractivity contribution >= 4 is 16.9 Å². The molecule has 4 rings (SSSR count). The second-order valence-electron chi connectivity index (χ2n) is 6.71. The van der Waals surface area contributed by atoms with Gasteiger partial charge in [0, 0.05) is 18.7 Å². The number of amides is 1. The predicted molar refractivity (Wildman–Crippen MR) is 94.1 cm³/mol. The van der Waals surface area contributed by atoms with Gasteiger partial charge in [-0.25, -0.2) is 4.98 Å². The smallest absolute Gasteiger partial charge is 0.349 e. The molecule has 1 saturated carbocycles. The third kappa shape index (κ3) is 3.15. The normalized spacial score (nSPS) is 15.0. The maximum atomic E-state index is 13.4. The monoisotopic (exact) mass is 374 g/mol. The summed E-state index contributed by atoms with van der Waals surface area (Å²) in [4.78, 5) is 17.1. The summed E-state index contributed by atoms with van der Waals surface area (Å²) in [6, 6.07) is 6.76. The zero-order chi connectivity index (χ0) is 19.2. The zero-order valence-electron chi connectivity index (χ0n) is 14.5. The number of hydrogen-bond acceptors (Lipinski definition) is 3. The van der Waals surface area contributed by atoms with Gasteiger partial charge in [0.2, 0.25) is 0 Å². The Morgan fingerprint density at radius 3 is 2.67 bits per heavy atom. The standard InChI is InChI=1S/C19H17F3N4O/c1-26-17-14(10-23-26)13(18(27)24-11-5-4-6-11)9-16(25-17)12-7-2-3-8-15(12)19(20,21)22/h2-3,7-11H,4-6H2,1H3,(H,24,27). The van der Waals surface area contributed by atoms with Crippen LogP contribution in [0.4, 0.5) is 13.2 Å². The molecule has 27 heavy (non-hydrogen) atoms. The van der Waals surface area contributed by atoms with Crippen molar-refractivity contribution in [1.29, 1.82) is 0 Å². The zero-order valence-corrected chi connectivity index (χ0v) is 14.5. The number of carbonyl (C=O) groups is 1. The van der Waals surface area contributed by atoms with E-state index in [1.165, 1.54) is 35.1 Å². The van der Waals surface area contributed by atoms with E-state index in [2.05, 4.69) is 15.4 Å². The van der Waals surface area contributed by atoms with Gasteiger partial charge in [0.25, 0.3) is 5.91 Å². The Hall–Kier alpha value is -2.90. The minimum absolute atomic E-state index is 0.0641. The van der Waals surface area contributed by atoms with E-state index in [1.54, 1.807) is 7.05 Å². The Kier molecular flexibility index (Phi) is 4.13. The summed E-state index contributed by atoms with van der Waals surface area (Å²) in [5.41, 5.74) is -0.108. The number of nitrogens with zero attached hydrogens (tertiary/aromatic N) is 3. The van der Waals surface area contributed by atoms with Crippen LogP contribution in [0, 0.1) is 0 Å². The maximum absolute atomic E-state index is 13.4. The largest absolute Gasteiger partial charge is 0.417 e. The number of aromatic nitrogens is 3. The first-order valence-corrected chi connectivity index (χ1v) is 8.65. The molecule has 1 fully saturated rings. The molecule has 1 aliphatic carbocycles. The van der Waals surface area contributed by atoms with Crippen molar-refractivity contribution in [3.8, 4) is 11.3 Å². The highest BCUT2D eigenvalue weighted by molar-refractivity contribution is 6.06. The van der Waals surface area contributed by atoms with Gasteiger partial charge < -0.3 is 5.32 Å². The van der Waals surface area contributed by atoms with Crippen LogP contribution in [0.1, 0.15) is 35.2 Å². The average Bonchev–Trinajstić information content (AvgIpc) is 2.97. The fraction of sp³-hybridized carbons (Fsp3) is 0.316. The molecule has 0 atom stereocenters. The molecule has 140 valence electrons. The number of benzene rings is 1. The summed E-state index contributed by atoms with van der Waals surface area (Å²) in [5.74, 6) is -0.314. The summed E-state index contributed by atoms with van der Waals surface area (Å²) in [7, 11) is 1.64. The lowest BCUT2D eigenvalue weighted by Crippen LogP contribution is -2.39. The molecule has 0 spiro atoms. The Morgan fingerprint density at radius 1 is 1.26 bits per heavy atom.